The highest BCUT2D eigenvalue weighted by atomic mass is 127. The van der Waals surface area contributed by atoms with E-state index in [1.54, 1.807) is 0 Å². The van der Waals surface area contributed by atoms with E-state index in [2.05, 4.69) is 5.32 Å². The second-order valence-electron chi connectivity index (χ2n) is 3.77. The summed E-state index contributed by atoms with van der Waals surface area (Å²) in [7, 11) is 0. The molecule has 0 saturated carbocycles. The lowest BCUT2D eigenvalue weighted by Gasteiger charge is -2.14. The van der Waals surface area contributed by atoms with Gasteiger partial charge in [-0.3, -0.25) is 14.8 Å². The summed E-state index contributed by atoms with van der Waals surface area (Å²) in [5, 5.41) is 12.7. The Morgan fingerprint density at radius 3 is 2.61 bits per heavy atom. The third kappa shape index (κ3) is 9.34. The molecule has 0 fully saturated rings. The van der Waals surface area contributed by atoms with Crippen LogP contribution >= 0.6 is 22.6 Å². The molecule has 0 aliphatic rings. The largest absolute Gasteiger partial charge is 0.355 e. The number of nitrogens with zero attached hydrogens (tertiary/aromatic N) is 1. The Morgan fingerprint density at radius 2 is 2.00 bits per heavy atom. The minimum absolute atomic E-state index is 0.0171. The first kappa shape index (κ1) is 17.3. The predicted octanol–water partition coefficient (Wildman–Crippen LogP) is 0.905. The van der Waals surface area contributed by atoms with Crippen molar-refractivity contribution in [3.05, 3.63) is 0 Å². The van der Waals surface area contributed by atoms with Gasteiger partial charge in [-0.05, 0) is 19.3 Å². The molecule has 0 aliphatic heterocycles. The standard InChI is InChI=1S/C11H19IN2O4/c12-9-10(16)13-6-2-1-3-7-14(18)11(17)5-4-8-15/h8,18H,1-7,9H2,(H,13,16). The van der Waals surface area contributed by atoms with E-state index in [4.69, 9.17) is 0 Å². The van der Waals surface area contributed by atoms with Crippen LogP contribution in [0.4, 0.5) is 0 Å². The van der Waals surface area contributed by atoms with Crippen LogP contribution in [0.2, 0.25) is 0 Å². The van der Waals surface area contributed by atoms with E-state index in [0.29, 0.717) is 28.7 Å². The number of alkyl halides is 1. The lowest BCUT2D eigenvalue weighted by molar-refractivity contribution is -0.165. The molecule has 0 aromatic heterocycles. The van der Waals surface area contributed by atoms with Gasteiger partial charge < -0.3 is 10.1 Å². The van der Waals surface area contributed by atoms with Crippen LogP contribution in [0.1, 0.15) is 32.1 Å². The Kier molecular flexibility index (Phi) is 11.0. The predicted molar refractivity (Wildman–Crippen MR) is 74.5 cm³/mol. The van der Waals surface area contributed by atoms with Gasteiger partial charge in [0.1, 0.15) is 6.29 Å². The van der Waals surface area contributed by atoms with Crippen molar-refractivity contribution in [3.63, 3.8) is 0 Å². The number of hydroxylamine groups is 2. The molecule has 2 amide bonds. The van der Waals surface area contributed by atoms with Crippen LogP contribution in [-0.4, -0.2) is 45.9 Å². The minimum atomic E-state index is -0.430. The average molecular weight is 370 g/mol. The Labute approximate surface area is 120 Å². The SMILES string of the molecule is O=CCCC(=O)N(O)CCCCCNC(=O)CI. The van der Waals surface area contributed by atoms with Crippen molar-refractivity contribution < 1.29 is 19.6 Å². The molecule has 0 radical (unpaired) electrons. The average Bonchev–Trinajstić information content (AvgIpc) is 2.39. The zero-order valence-electron chi connectivity index (χ0n) is 10.2. The molecule has 0 aromatic rings. The molecular formula is C11H19IN2O4. The summed E-state index contributed by atoms with van der Waals surface area (Å²) < 4.78 is 0.452. The van der Waals surface area contributed by atoms with E-state index < -0.39 is 5.91 Å². The van der Waals surface area contributed by atoms with Gasteiger partial charge in [-0.1, -0.05) is 22.6 Å². The fourth-order valence-corrected chi connectivity index (χ4v) is 1.54. The summed E-state index contributed by atoms with van der Waals surface area (Å²) in [6.07, 6.45) is 3.15. The van der Waals surface area contributed by atoms with E-state index in [1.165, 1.54) is 0 Å². The number of hydrogen-bond donors (Lipinski definition) is 2. The van der Waals surface area contributed by atoms with Crippen LogP contribution in [0.15, 0.2) is 0 Å². The van der Waals surface area contributed by atoms with Crippen molar-refractivity contribution in [1.82, 2.24) is 10.4 Å². The first-order chi connectivity index (χ1) is 8.61. The van der Waals surface area contributed by atoms with Crippen molar-refractivity contribution in [2.45, 2.75) is 32.1 Å². The third-order valence-corrected chi connectivity index (χ3v) is 2.95. The van der Waals surface area contributed by atoms with E-state index in [-0.39, 0.29) is 25.3 Å². The minimum Gasteiger partial charge on any atom is -0.355 e. The van der Waals surface area contributed by atoms with Crippen molar-refractivity contribution in [1.29, 1.82) is 0 Å². The van der Waals surface area contributed by atoms with Crippen LogP contribution < -0.4 is 5.32 Å². The third-order valence-electron chi connectivity index (χ3n) is 2.25. The second kappa shape index (κ2) is 11.4. The summed E-state index contributed by atoms with van der Waals surface area (Å²) in [5.74, 6) is -0.413. The van der Waals surface area contributed by atoms with Gasteiger partial charge in [-0.25, -0.2) is 5.06 Å². The molecule has 0 unspecified atom stereocenters. The van der Waals surface area contributed by atoms with Gasteiger partial charge in [0, 0.05) is 25.9 Å². The Hall–Kier alpha value is -0.700. The highest BCUT2D eigenvalue weighted by Crippen LogP contribution is 1.99. The first-order valence-corrected chi connectivity index (χ1v) is 7.40. The Morgan fingerprint density at radius 1 is 1.28 bits per heavy atom. The quantitative estimate of drug-likeness (QED) is 0.149. The summed E-state index contributed by atoms with van der Waals surface area (Å²) in [6, 6.07) is 0. The molecule has 0 spiro atoms. The maximum absolute atomic E-state index is 11.2. The molecule has 18 heavy (non-hydrogen) atoms. The topological polar surface area (TPSA) is 86.7 Å². The van der Waals surface area contributed by atoms with Crippen molar-refractivity contribution >= 4 is 40.7 Å². The fraction of sp³-hybridized carbons (Fsp3) is 0.727. The van der Waals surface area contributed by atoms with Crippen LogP contribution in [-0.2, 0) is 14.4 Å². The van der Waals surface area contributed by atoms with Gasteiger partial charge in [0.2, 0.25) is 11.8 Å². The van der Waals surface area contributed by atoms with Crippen LogP contribution in [0.3, 0.4) is 0 Å². The maximum Gasteiger partial charge on any atom is 0.246 e. The van der Waals surface area contributed by atoms with Gasteiger partial charge in [0.25, 0.3) is 0 Å². The van der Waals surface area contributed by atoms with Gasteiger partial charge in [-0.15, -0.1) is 0 Å². The number of amides is 2. The Bertz CT molecular complexity index is 274. The maximum atomic E-state index is 11.2. The second-order valence-corrected chi connectivity index (χ2v) is 4.53. The number of aldehydes is 1. The van der Waals surface area contributed by atoms with E-state index >= 15 is 0 Å². The highest BCUT2D eigenvalue weighted by Gasteiger charge is 2.09. The molecule has 104 valence electrons. The van der Waals surface area contributed by atoms with Crippen molar-refractivity contribution in [2.24, 2.45) is 0 Å². The molecule has 0 saturated heterocycles. The zero-order chi connectivity index (χ0) is 13.8. The van der Waals surface area contributed by atoms with Gasteiger partial charge in [-0.2, -0.15) is 0 Å². The van der Waals surface area contributed by atoms with E-state index in [1.807, 2.05) is 22.6 Å². The summed E-state index contributed by atoms with van der Waals surface area (Å²) in [5.41, 5.74) is 0. The molecule has 0 bridgehead atoms. The van der Waals surface area contributed by atoms with Crippen molar-refractivity contribution in [2.75, 3.05) is 17.5 Å². The molecule has 2 N–H and O–H groups in total. The monoisotopic (exact) mass is 370 g/mol. The molecule has 6 nitrogen and oxygen atoms in total. The number of hydrogen-bond acceptors (Lipinski definition) is 4. The zero-order valence-corrected chi connectivity index (χ0v) is 12.4. The van der Waals surface area contributed by atoms with Crippen molar-refractivity contribution in [3.8, 4) is 0 Å². The van der Waals surface area contributed by atoms with Gasteiger partial charge in [0.05, 0.1) is 4.43 Å². The van der Waals surface area contributed by atoms with Gasteiger partial charge >= 0.3 is 0 Å². The lowest BCUT2D eigenvalue weighted by Crippen LogP contribution is -2.28. The molecule has 0 aliphatic carbocycles. The Balaban J connectivity index is 3.45. The number of unbranched alkanes of at least 4 members (excludes halogenated alkanes) is 2. The molecular weight excluding hydrogens is 351 g/mol. The van der Waals surface area contributed by atoms with E-state index in [0.717, 1.165) is 12.8 Å². The molecule has 0 rings (SSSR count). The normalized spacial score (nSPS) is 9.89. The number of halogens is 1. The number of carbonyl (C=O) groups is 3. The van der Waals surface area contributed by atoms with Gasteiger partial charge in [0.15, 0.2) is 0 Å². The highest BCUT2D eigenvalue weighted by molar-refractivity contribution is 14.1. The van der Waals surface area contributed by atoms with Crippen LogP contribution in [0, 0.1) is 0 Å². The number of rotatable bonds is 10. The first-order valence-electron chi connectivity index (χ1n) is 5.87. The smallest absolute Gasteiger partial charge is 0.246 e. The summed E-state index contributed by atoms with van der Waals surface area (Å²) in [6.45, 7) is 0.879. The molecule has 0 atom stereocenters. The lowest BCUT2D eigenvalue weighted by atomic mass is 10.2. The van der Waals surface area contributed by atoms with Crippen LogP contribution in [0.5, 0.6) is 0 Å². The fourth-order valence-electron chi connectivity index (χ4n) is 1.27. The number of carbonyl (C=O) groups excluding carboxylic acids is 3. The summed E-state index contributed by atoms with van der Waals surface area (Å²) in [4.78, 5) is 32.2. The van der Waals surface area contributed by atoms with E-state index in [9.17, 15) is 19.6 Å². The molecule has 7 heteroatoms. The summed E-state index contributed by atoms with van der Waals surface area (Å²) >= 11 is 1.99. The van der Waals surface area contributed by atoms with Crippen LogP contribution in [0.25, 0.3) is 0 Å². The number of nitrogens with one attached hydrogen (secondary N) is 1. The molecule has 0 heterocycles. The molecule has 0 aromatic carbocycles.